The van der Waals surface area contributed by atoms with Crippen LogP contribution in [0.25, 0.3) is 0 Å². The van der Waals surface area contributed by atoms with Gasteiger partial charge in [-0.1, -0.05) is 17.7 Å². The molecule has 0 aliphatic carbocycles. The molecule has 2 aromatic carbocycles. The lowest BCUT2D eigenvalue weighted by Gasteiger charge is -2.21. The second kappa shape index (κ2) is 7.35. The van der Waals surface area contributed by atoms with Crippen molar-refractivity contribution < 1.29 is 22.7 Å². The van der Waals surface area contributed by atoms with Gasteiger partial charge in [-0.15, -0.1) is 0 Å². The molecule has 1 amide bonds. The molecule has 3 rings (SSSR count). The molecule has 26 heavy (non-hydrogen) atoms. The number of carbonyl (C=O) groups is 1. The molecule has 0 fully saturated rings. The fourth-order valence-electron chi connectivity index (χ4n) is 2.49. The van der Waals surface area contributed by atoms with Gasteiger partial charge in [-0.05, 0) is 31.2 Å². The topological polar surface area (TPSA) is 84.9 Å². The molecule has 138 valence electrons. The summed E-state index contributed by atoms with van der Waals surface area (Å²) in [5.41, 5.74) is 1.69. The molecule has 0 bridgehead atoms. The summed E-state index contributed by atoms with van der Waals surface area (Å²) in [7, 11) is -2.47. The molecule has 0 spiro atoms. The van der Waals surface area contributed by atoms with Gasteiger partial charge in [0.2, 0.25) is 15.9 Å². The van der Waals surface area contributed by atoms with Gasteiger partial charge in [0, 0.05) is 18.8 Å². The maximum atomic E-state index is 12.7. The van der Waals surface area contributed by atoms with Crippen molar-refractivity contribution in [2.45, 2.75) is 11.8 Å². The standard InChI is InChI=1S/C18H20N2O5S/c1-13-3-5-14(6-4-13)19-18(21)12-20(2)26(22,23)15-7-8-16-17(11-15)25-10-9-24-16/h3-8,11H,9-10,12H2,1-2H3,(H,19,21). The zero-order valence-electron chi connectivity index (χ0n) is 14.6. The summed E-state index contributed by atoms with van der Waals surface area (Å²) >= 11 is 0. The van der Waals surface area contributed by atoms with Gasteiger partial charge in [-0.3, -0.25) is 4.79 Å². The minimum atomic E-state index is -3.83. The van der Waals surface area contributed by atoms with Gasteiger partial charge in [0.25, 0.3) is 0 Å². The smallest absolute Gasteiger partial charge is 0.243 e. The Balaban J connectivity index is 1.70. The maximum Gasteiger partial charge on any atom is 0.243 e. The minimum absolute atomic E-state index is 0.0485. The van der Waals surface area contributed by atoms with Gasteiger partial charge in [-0.25, -0.2) is 8.42 Å². The Hall–Kier alpha value is -2.58. The minimum Gasteiger partial charge on any atom is -0.486 e. The molecular formula is C18H20N2O5S. The number of aryl methyl sites for hydroxylation is 1. The van der Waals surface area contributed by atoms with Crippen molar-refractivity contribution in [2.75, 3.05) is 32.1 Å². The van der Waals surface area contributed by atoms with E-state index in [-0.39, 0.29) is 11.4 Å². The maximum absolute atomic E-state index is 12.7. The molecule has 0 unspecified atom stereocenters. The van der Waals surface area contributed by atoms with Gasteiger partial charge < -0.3 is 14.8 Å². The molecule has 2 aromatic rings. The van der Waals surface area contributed by atoms with E-state index in [2.05, 4.69) is 5.32 Å². The second-order valence-corrected chi connectivity index (χ2v) is 8.03. The molecule has 0 aromatic heterocycles. The van der Waals surface area contributed by atoms with Crippen molar-refractivity contribution in [3.63, 3.8) is 0 Å². The summed E-state index contributed by atoms with van der Waals surface area (Å²) in [6.07, 6.45) is 0. The Morgan fingerprint density at radius 2 is 1.73 bits per heavy atom. The molecule has 1 aliphatic heterocycles. The summed E-state index contributed by atoms with van der Waals surface area (Å²) in [4.78, 5) is 12.2. The third-order valence-corrected chi connectivity index (χ3v) is 5.72. The lowest BCUT2D eigenvalue weighted by Crippen LogP contribution is -2.35. The van der Waals surface area contributed by atoms with Gasteiger partial charge in [0.05, 0.1) is 11.4 Å². The second-order valence-electron chi connectivity index (χ2n) is 5.98. The summed E-state index contributed by atoms with van der Waals surface area (Å²) in [6.45, 7) is 2.44. The molecular weight excluding hydrogens is 356 g/mol. The number of nitrogens with zero attached hydrogens (tertiary/aromatic N) is 1. The lowest BCUT2D eigenvalue weighted by atomic mass is 10.2. The van der Waals surface area contributed by atoms with Crippen molar-refractivity contribution in [3.8, 4) is 11.5 Å². The van der Waals surface area contributed by atoms with Gasteiger partial charge in [-0.2, -0.15) is 4.31 Å². The Bertz CT molecular complexity index is 910. The number of nitrogens with one attached hydrogen (secondary N) is 1. The molecule has 0 saturated carbocycles. The van der Waals surface area contributed by atoms with Gasteiger partial charge in [0.15, 0.2) is 11.5 Å². The number of ether oxygens (including phenoxy) is 2. The highest BCUT2D eigenvalue weighted by molar-refractivity contribution is 7.89. The lowest BCUT2D eigenvalue weighted by molar-refractivity contribution is -0.116. The van der Waals surface area contributed by atoms with Crippen LogP contribution >= 0.6 is 0 Å². The first-order valence-corrected chi connectivity index (χ1v) is 9.53. The quantitative estimate of drug-likeness (QED) is 0.863. The third kappa shape index (κ3) is 3.97. The number of anilines is 1. The SMILES string of the molecule is Cc1ccc(NC(=O)CN(C)S(=O)(=O)c2ccc3c(c2)OCCO3)cc1. The molecule has 0 saturated heterocycles. The van der Waals surface area contributed by atoms with E-state index in [4.69, 9.17) is 9.47 Å². The van der Waals surface area contributed by atoms with E-state index in [0.29, 0.717) is 30.4 Å². The third-order valence-electron chi connectivity index (χ3n) is 3.92. The summed E-state index contributed by atoms with van der Waals surface area (Å²) in [5, 5.41) is 2.68. The van der Waals surface area contributed by atoms with Crippen LogP contribution in [0.1, 0.15) is 5.56 Å². The molecule has 1 aliphatic rings. The van der Waals surface area contributed by atoms with E-state index in [1.165, 1.54) is 19.2 Å². The fraction of sp³-hybridized carbons (Fsp3) is 0.278. The normalized spacial score (nSPS) is 13.5. The number of rotatable bonds is 5. The number of fused-ring (bicyclic) bond motifs is 1. The van der Waals surface area contributed by atoms with Crippen molar-refractivity contribution >= 4 is 21.6 Å². The van der Waals surface area contributed by atoms with Crippen molar-refractivity contribution in [1.82, 2.24) is 4.31 Å². The van der Waals surface area contributed by atoms with Crippen LogP contribution in [0.5, 0.6) is 11.5 Å². The van der Waals surface area contributed by atoms with E-state index >= 15 is 0 Å². The Morgan fingerprint density at radius 1 is 1.08 bits per heavy atom. The van der Waals surface area contributed by atoms with Crippen molar-refractivity contribution in [1.29, 1.82) is 0 Å². The van der Waals surface area contributed by atoms with Crippen LogP contribution in [0.3, 0.4) is 0 Å². The molecule has 0 atom stereocenters. The number of amides is 1. The fourth-order valence-corrected chi connectivity index (χ4v) is 3.63. The van der Waals surface area contributed by atoms with Crippen LogP contribution in [-0.2, 0) is 14.8 Å². The summed E-state index contributed by atoms with van der Waals surface area (Å²) in [5.74, 6) is 0.474. The predicted octanol–water partition coefficient (Wildman–Crippen LogP) is 2.03. The zero-order chi connectivity index (χ0) is 18.7. The Kier molecular flexibility index (Phi) is 5.15. The van der Waals surface area contributed by atoms with Gasteiger partial charge in [0.1, 0.15) is 13.2 Å². The Morgan fingerprint density at radius 3 is 2.42 bits per heavy atom. The van der Waals surface area contributed by atoms with E-state index in [9.17, 15) is 13.2 Å². The first kappa shape index (κ1) is 18.2. The van der Waals surface area contributed by atoms with Gasteiger partial charge >= 0.3 is 0 Å². The summed E-state index contributed by atoms with van der Waals surface area (Å²) < 4.78 is 37.2. The first-order chi connectivity index (χ1) is 12.4. The van der Waals surface area contributed by atoms with Crippen LogP contribution in [0.15, 0.2) is 47.4 Å². The van der Waals surface area contributed by atoms with E-state index < -0.39 is 15.9 Å². The van der Waals surface area contributed by atoms with E-state index in [1.807, 2.05) is 19.1 Å². The highest BCUT2D eigenvalue weighted by Crippen LogP contribution is 2.32. The van der Waals surface area contributed by atoms with Crippen molar-refractivity contribution in [2.24, 2.45) is 0 Å². The van der Waals surface area contributed by atoms with Crippen LogP contribution in [-0.4, -0.2) is 45.4 Å². The number of benzene rings is 2. The first-order valence-electron chi connectivity index (χ1n) is 8.09. The Labute approximate surface area is 152 Å². The molecule has 1 N–H and O–H groups in total. The van der Waals surface area contributed by atoms with Crippen molar-refractivity contribution in [3.05, 3.63) is 48.0 Å². The zero-order valence-corrected chi connectivity index (χ0v) is 15.4. The molecule has 8 heteroatoms. The average Bonchev–Trinajstić information content (AvgIpc) is 2.63. The van der Waals surface area contributed by atoms with E-state index in [0.717, 1.165) is 9.87 Å². The molecule has 1 heterocycles. The average molecular weight is 376 g/mol. The highest BCUT2D eigenvalue weighted by atomic mass is 32.2. The summed E-state index contributed by atoms with van der Waals surface area (Å²) in [6, 6.07) is 11.7. The number of hydrogen-bond acceptors (Lipinski definition) is 5. The van der Waals surface area contributed by atoms with Crippen LogP contribution in [0, 0.1) is 6.92 Å². The van der Waals surface area contributed by atoms with Crippen LogP contribution < -0.4 is 14.8 Å². The highest BCUT2D eigenvalue weighted by Gasteiger charge is 2.25. The van der Waals surface area contributed by atoms with Crippen LogP contribution in [0.2, 0.25) is 0 Å². The number of sulfonamides is 1. The predicted molar refractivity (Wildman–Crippen MR) is 97.1 cm³/mol. The monoisotopic (exact) mass is 376 g/mol. The number of hydrogen-bond donors (Lipinski definition) is 1. The number of likely N-dealkylation sites (N-methyl/N-ethyl adjacent to an activating group) is 1. The number of carbonyl (C=O) groups excluding carboxylic acids is 1. The molecule has 7 nitrogen and oxygen atoms in total. The molecule has 0 radical (unpaired) electrons. The van der Waals surface area contributed by atoms with Crippen LogP contribution in [0.4, 0.5) is 5.69 Å². The largest absolute Gasteiger partial charge is 0.486 e. The van der Waals surface area contributed by atoms with E-state index in [1.54, 1.807) is 18.2 Å².